The lowest BCUT2D eigenvalue weighted by molar-refractivity contribution is -0.136. The summed E-state index contributed by atoms with van der Waals surface area (Å²) < 4.78 is 5.17. The summed E-state index contributed by atoms with van der Waals surface area (Å²) in [6.07, 6.45) is 0.951. The van der Waals surface area contributed by atoms with Gasteiger partial charge in [-0.2, -0.15) is 0 Å². The van der Waals surface area contributed by atoms with Gasteiger partial charge in [-0.3, -0.25) is 9.59 Å². The number of para-hydroxylation sites is 1. The molecule has 34 heavy (non-hydrogen) atoms. The molecule has 3 aromatic carbocycles. The lowest BCUT2D eigenvalue weighted by atomic mass is 10.0. The van der Waals surface area contributed by atoms with Crippen LogP contribution in [0, 0.1) is 0 Å². The van der Waals surface area contributed by atoms with E-state index >= 15 is 0 Å². The van der Waals surface area contributed by atoms with Crippen LogP contribution in [0.15, 0.2) is 72.8 Å². The Labute approximate surface area is 200 Å². The third-order valence-corrected chi connectivity index (χ3v) is 6.08. The Kier molecular flexibility index (Phi) is 7.01. The maximum absolute atomic E-state index is 12.7. The van der Waals surface area contributed by atoms with E-state index in [-0.39, 0.29) is 6.04 Å². The molecule has 0 spiro atoms. The monoisotopic (exact) mass is 458 g/mol. The van der Waals surface area contributed by atoms with E-state index in [0.29, 0.717) is 18.0 Å². The molecule has 1 unspecified atom stereocenters. The molecule has 0 aromatic heterocycles. The summed E-state index contributed by atoms with van der Waals surface area (Å²) in [5.74, 6) is -0.783. The van der Waals surface area contributed by atoms with Crippen molar-refractivity contribution in [1.82, 2.24) is 5.32 Å². The van der Waals surface area contributed by atoms with Crippen LogP contribution in [0.3, 0.4) is 0 Å². The second kappa shape index (κ2) is 10.3. The van der Waals surface area contributed by atoms with Gasteiger partial charge in [-0.1, -0.05) is 36.4 Å². The van der Waals surface area contributed by atoms with Crippen LogP contribution in [-0.2, 0) is 16.0 Å². The predicted octanol–water partition coefficient (Wildman–Crippen LogP) is 3.62. The maximum Gasteiger partial charge on any atom is 0.313 e. The van der Waals surface area contributed by atoms with Gasteiger partial charge in [0, 0.05) is 50.3 Å². The predicted molar refractivity (Wildman–Crippen MR) is 136 cm³/mol. The van der Waals surface area contributed by atoms with E-state index in [1.807, 2.05) is 26.2 Å². The summed E-state index contributed by atoms with van der Waals surface area (Å²) in [6, 6.07) is 23.5. The number of hydrogen-bond acceptors (Lipinski definition) is 5. The number of methoxy groups -OCH3 is 1. The largest absolute Gasteiger partial charge is 0.497 e. The van der Waals surface area contributed by atoms with Crippen molar-refractivity contribution < 1.29 is 14.3 Å². The molecule has 1 aliphatic rings. The minimum absolute atomic E-state index is 0.103. The zero-order valence-corrected chi connectivity index (χ0v) is 19.7. The Hall–Kier alpha value is -4.00. The molecule has 2 N–H and O–H groups in total. The van der Waals surface area contributed by atoms with Gasteiger partial charge >= 0.3 is 11.8 Å². The van der Waals surface area contributed by atoms with E-state index in [0.717, 1.165) is 24.2 Å². The quantitative estimate of drug-likeness (QED) is 0.529. The molecule has 0 fully saturated rings. The first-order valence-corrected chi connectivity index (χ1v) is 11.3. The number of carbonyl (C=O) groups excluding carboxylic acids is 2. The van der Waals surface area contributed by atoms with E-state index in [2.05, 4.69) is 56.8 Å². The molecule has 0 aliphatic carbocycles. The van der Waals surface area contributed by atoms with Crippen LogP contribution in [0.25, 0.3) is 0 Å². The topological polar surface area (TPSA) is 73.9 Å². The Bertz CT molecular complexity index is 1160. The van der Waals surface area contributed by atoms with Crippen molar-refractivity contribution in [3.05, 3.63) is 83.9 Å². The highest BCUT2D eigenvalue weighted by atomic mass is 16.5. The van der Waals surface area contributed by atoms with Crippen molar-refractivity contribution in [3.63, 3.8) is 0 Å². The minimum atomic E-state index is -0.711. The molecule has 1 aliphatic heterocycles. The number of nitrogens with zero attached hydrogens (tertiary/aromatic N) is 2. The zero-order chi connectivity index (χ0) is 24.1. The van der Waals surface area contributed by atoms with E-state index in [1.165, 1.54) is 11.3 Å². The van der Waals surface area contributed by atoms with Crippen LogP contribution >= 0.6 is 0 Å². The van der Waals surface area contributed by atoms with Crippen molar-refractivity contribution in [2.24, 2.45) is 0 Å². The molecule has 4 rings (SSSR count). The number of carbonyl (C=O) groups is 2. The molecule has 7 nitrogen and oxygen atoms in total. The number of benzene rings is 3. The van der Waals surface area contributed by atoms with Crippen LogP contribution in [0.5, 0.6) is 5.75 Å². The molecular formula is C27H30N4O3. The lowest BCUT2D eigenvalue weighted by Crippen LogP contribution is -2.41. The SMILES string of the molecule is COc1cccc(NC(=O)C(=O)NCC(c2ccc(N(C)C)cc2)N2CCc3ccccc32)c1. The number of ether oxygens (including phenoxy) is 1. The van der Waals surface area contributed by atoms with Gasteiger partial charge in [-0.25, -0.2) is 0 Å². The van der Waals surface area contributed by atoms with Gasteiger partial charge in [-0.05, 0) is 47.9 Å². The average molecular weight is 459 g/mol. The molecule has 1 heterocycles. The van der Waals surface area contributed by atoms with Crippen molar-refractivity contribution in [1.29, 1.82) is 0 Å². The summed E-state index contributed by atoms with van der Waals surface area (Å²) in [6.45, 7) is 1.16. The summed E-state index contributed by atoms with van der Waals surface area (Å²) in [7, 11) is 5.56. The van der Waals surface area contributed by atoms with Gasteiger partial charge in [0.2, 0.25) is 0 Å². The van der Waals surface area contributed by atoms with Crippen LogP contribution in [0.2, 0.25) is 0 Å². The number of fused-ring (bicyclic) bond motifs is 1. The molecule has 0 saturated heterocycles. The third-order valence-electron chi connectivity index (χ3n) is 6.08. The Morgan fingerprint density at radius 3 is 2.50 bits per heavy atom. The normalized spacial score (nSPS) is 13.1. The Balaban J connectivity index is 1.50. The van der Waals surface area contributed by atoms with E-state index < -0.39 is 11.8 Å². The Morgan fingerprint density at radius 2 is 1.76 bits per heavy atom. The van der Waals surface area contributed by atoms with Gasteiger partial charge in [0.05, 0.1) is 13.2 Å². The number of hydrogen-bond donors (Lipinski definition) is 2. The smallest absolute Gasteiger partial charge is 0.313 e. The molecule has 0 bridgehead atoms. The summed E-state index contributed by atoms with van der Waals surface area (Å²) in [5, 5.41) is 5.48. The molecule has 176 valence electrons. The van der Waals surface area contributed by atoms with Crippen LogP contribution in [0.1, 0.15) is 17.2 Å². The third kappa shape index (κ3) is 5.14. The zero-order valence-electron chi connectivity index (χ0n) is 19.7. The van der Waals surface area contributed by atoms with Crippen LogP contribution in [-0.4, -0.2) is 46.1 Å². The van der Waals surface area contributed by atoms with Crippen LogP contribution in [0.4, 0.5) is 17.1 Å². The van der Waals surface area contributed by atoms with Crippen LogP contribution < -0.4 is 25.2 Å². The fourth-order valence-corrected chi connectivity index (χ4v) is 4.25. The van der Waals surface area contributed by atoms with Gasteiger partial charge in [0.15, 0.2) is 0 Å². The summed E-state index contributed by atoms with van der Waals surface area (Å²) in [4.78, 5) is 29.5. The average Bonchev–Trinajstić information content (AvgIpc) is 3.28. The van der Waals surface area contributed by atoms with Gasteiger partial charge in [-0.15, -0.1) is 0 Å². The molecule has 3 aromatic rings. The number of anilines is 3. The Morgan fingerprint density at radius 1 is 1.00 bits per heavy atom. The van der Waals surface area contributed by atoms with E-state index in [9.17, 15) is 9.59 Å². The fraction of sp³-hybridized carbons (Fsp3) is 0.259. The molecule has 0 saturated carbocycles. The van der Waals surface area contributed by atoms with Gasteiger partial charge in [0.1, 0.15) is 5.75 Å². The second-order valence-electron chi connectivity index (χ2n) is 8.47. The van der Waals surface area contributed by atoms with Crippen molar-refractivity contribution in [2.75, 3.05) is 49.4 Å². The van der Waals surface area contributed by atoms with Gasteiger partial charge < -0.3 is 25.2 Å². The van der Waals surface area contributed by atoms with E-state index in [1.54, 1.807) is 31.4 Å². The minimum Gasteiger partial charge on any atom is -0.497 e. The summed E-state index contributed by atoms with van der Waals surface area (Å²) >= 11 is 0. The fourth-order valence-electron chi connectivity index (χ4n) is 4.25. The van der Waals surface area contributed by atoms with Crippen molar-refractivity contribution in [2.45, 2.75) is 12.5 Å². The standard InChI is InChI=1S/C27H30N4O3/c1-30(2)22-13-11-20(12-14-22)25(31-16-15-19-7-4-5-10-24(19)31)18-28-26(32)27(33)29-21-8-6-9-23(17-21)34-3/h4-14,17,25H,15-16,18H2,1-3H3,(H,28,32)(H,29,33). The van der Waals surface area contributed by atoms with Crippen molar-refractivity contribution in [3.8, 4) is 5.75 Å². The first-order chi connectivity index (χ1) is 16.5. The molecule has 0 radical (unpaired) electrons. The molecule has 2 amide bonds. The number of rotatable bonds is 7. The second-order valence-corrected chi connectivity index (χ2v) is 8.47. The summed E-state index contributed by atoms with van der Waals surface area (Å²) in [5.41, 5.74) is 5.14. The molecule has 1 atom stereocenters. The highest BCUT2D eigenvalue weighted by molar-refractivity contribution is 6.39. The van der Waals surface area contributed by atoms with Gasteiger partial charge in [0.25, 0.3) is 0 Å². The highest BCUT2D eigenvalue weighted by Gasteiger charge is 2.28. The lowest BCUT2D eigenvalue weighted by Gasteiger charge is -2.31. The first-order valence-electron chi connectivity index (χ1n) is 11.3. The molecule has 7 heteroatoms. The molecular weight excluding hydrogens is 428 g/mol. The van der Waals surface area contributed by atoms with Crippen molar-refractivity contribution >= 4 is 28.9 Å². The number of amides is 2. The number of nitrogens with one attached hydrogen (secondary N) is 2. The highest BCUT2D eigenvalue weighted by Crippen LogP contribution is 2.35. The first kappa shape index (κ1) is 23.2. The maximum atomic E-state index is 12.7. The van der Waals surface area contributed by atoms with E-state index in [4.69, 9.17) is 4.74 Å².